The Morgan fingerprint density at radius 2 is 2.05 bits per heavy atom. The van der Waals surface area contributed by atoms with Gasteiger partial charge in [-0.3, -0.25) is 14.3 Å². The van der Waals surface area contributed by atoms with Crippen LogP contribution in [0.15, 0.2) is 18.5 Å². The van der Waals surface area contributed by atoms with E-state index < -0.39 is 5.91 Å². The third-order valence-corrected chi connectivity index (χ3v) is 2.91. The van der Waals surface area contributed by atoms with E-state index in [1.807, 2.05) is 6.92 Å². The van der Waals surface area contributed by atoms with Gasteiger partial charge in [-0.2, -0.15) is 10.2 Å². The van der Waals surface area contributed by atoms with Gasteiger partial charge in [0.05, 0.1) is 5.69 Å². The van der Waals surface area contributed by atoms with Crippen LogP contribution in [0.25, 0.3) is 0 Å². The molecule has 0 saturated heterocycles. The first-order chi connectivity index (χ1) is 10.6. The summed E-state index contributed by atoms with van der Waals surface area (Å²) in [7, 11) is 3.04. The van der Waals surface area contributed by atoms with Crippen LogP contribution in [-0.2, 0) is 18.0 Å². The number of aromatic nitrogens is 4. The smallest absolute Gasteiger partial charge is 0.276 e. The summed E-state index contributed by atoms with van der Waals surface area (Å²) < 4.78 is 7.99. The van der Waals surface area contributed by atoms with Crippen LogP contribution in [0.5, 0.6) is 0 Å². The van der Waals surface area contributed by atoms with Gasteiger partial charge >= 0.3 is 0 Å². The lowest BCUT2D eigenvalue weighted by atomic mass is 10.3. The molecule has 0 atom stereocenters. The first-order valence-corrected chi connectivity index (χ1v) is 6.72. The highest BCUT2D eigenvalue weighted by molar-refractivity contribution is 6.07. The molecule has 2 aromatic rings. The largest absolute Gasteiger partial charge is 0.362 e. The van der Waals surface area contributed by atoms with Crippen molar-refractivity contribution < 1.29 is 14.3 Å². The molecule has 2 aromatic heterocycles. The molecule has 0 fully saturated rings. The summed E-state index contributed by atoms with van der Waals surface area (Å²) in [6, 6.07) is 1.57. The number of ether oxygens (including phenoxy) is 1. The average molecular weight is 306 g/mol. The number of anilines is 1. The highest BCUT2D eigenvalue weighted by Gasteiger charge is 2.19. The number of rotatable bonds is 6. The van der Waals surface area contributed by atoms with E-state index in [1.165, 1.54) is 18.8 Å². The number of hydrogen-bond donors (Lipinski definition) is 2. The quantitative estimate of drug-likeness (QED) is 0.800. The fourth-order valence-electron chi connectivity index (χ4n) is 1.83. The number of nitrogens with one attached hydrogen (secondary N) is 2. The molecule has 0 unspecified atom stereocenters. The SMILES string of the molecule is CCn1cc(NC(=O)c2ccn(COC)n2)c(C(=O)NC)n1. The molecule has 0 aromatic carbocycles. The zero-order chi connectivity index (χ0) is 16.1. The van der Waals surface area contributed by atoms with Crippen molar-refractivity contribution in [1.82, 2.24) is 24.9 Å². The van der Waals surface area contributed by atoms with E-state index in [4.69, 9.17) is 4.74 Å². The maximum absolute atomic E-state index is 12.2. The number of carbonyl (C=O) groups is 2. The second-order valence-corrected chi connectivity index (χ2v) is 4.44. The van der Waals surface area contributed by atoms with Crippen molar-refractivity contribution in [2.75, 3.05) is 19.5 Å². The Bertz CT molecular complexity index is 675. The second-order valence-electron chi connectivity index (χ2n) is 4.44. The summed E-state index contributed by atoms with van der Waals surface area (Å²) in [5, 5.41) is 13.3. The Balaban J connectivity index is 2.19. The number of carbonyl (C=O) groups excluding carboxylic acids is 2. The Kier molecular flexibility index (Phi) is 4.89. The van der Waals surface area contributed by atoms with Crippen molar-refractivity contribution in [3.05, 3.63) is 29.8 Å². The van der Waals surface area contributed by atoms with E-state index in [0.717, 1.165) is 0 Å². The van der Waals surface area contributed by atoms with E-state index in [1.54, 1.807) is 23.1 Å². The minimum absolute atomic E-state index is 0.161. The number of amides is 2. The van der Waals surface area contributed by atoms with Crippen LogP contribution < -0.4 is 10.6 Å². The average Bonchev–Trinajstić information content (AvgIpc) is 3.13. The van der Waals surface area contributed by atoms with E-state index >= 15 is 0 Å². The van der Waals surface area contributed by atoms with Crippen LogP contribution in [0, 0.1) is 0 Å². The molecule has 0 spiro atoms. The molecule has 2 amide bonds. The van der Waals surface area contributed by atoms with Gasteiger partial charge in [-0.15, -0.1) is 0 Å². The van der Waals surface area contributed by atoms with Crippen molar-refractivity contribution in [3.8, 4) is 0 Å². The van der Waals surface area contributed by atoms with Crippen LogP contribution in [0.3, 0.4) is 0 Å². The maximum atomic E-state index is 12.2. The molecule has 2 heterocycles. The van der Waals surface area contributed by atoms with Crippen molar-refractivity contribution in [2.24, 2.45) is 0 Å². The fraction of sp³-hybridized carbons (Fsp3) is 0.385. The van der Waals surface area contributed by atoms with Crippen LogP contribution in [0.1, 0.15) is 27.9 Å². The molecular formula is C13H18N6O3. The molecule has 9 nitrogen and oxygen atoms in total. The van der Waals surface area contributed by atoms with Gasteiger partial charge in [-0.1, -0.05) is 0 Å². The minimum Gasteiger partial charge on any atom is -0.362 e. The number of nitrogens with zero attached hydrogens (tertiary/aromatic N) is 4. The number of methoxy groups -OCH3 is 1. The van der Waals surface area contributed by atoms with Gasteiger partial charge in [0.2, 0.25) is 0 Å². The number of hydrogen-bond acceptors (Lipinski definition) is 5. The predicted molar refractivity (Wildman–Crippen MR) is 78.5 cm³/mol. The van der Waals surface area contributed by atoms with Gasteiger partial charge in [0, 0.05) is 33.1 Å². The molecule has 22 heavy (non-hydrogen) atoms. The summed E-state index contributed by atoms with van der Waals surface area (Å²) >= 11 is 0. The minimum atomic E-state index is -0.421. The highest BCUT2D eigenvalue weighted by atomic mass is 16.5. The number of aryl methyl sites for hydroxylation is 1. The molecule has 2 rings (SSSR count). The summed E-state index contributed by atoms with van der Waals surface area (Å²) in [6.45, 7) is 2.73. The van der Waals surface area contributed by atoms with Gasteiger partial charge < -0.3 is 15.4 Å². The van der Waals surface area contributed by atoms with Gasteiger partial charge in [0.15, 0.2) is 11.4 Å². The van der Waals surface area contributed by atoms with Crippen LogP contribution in [0.4, 0.5) is 5.69 Å². The van der Waals surface area contributed by atoms with Gasteiger partial charge in [-0.25, -0.2) is 4.68 Å². The Morgan fingerprint density at radius 1 is 1.27 bits per heavy atom. The fourth-order valence-corrected chi connectivity index (χ4v) is 1.83. The van der Waals surface area contributed by atoms with E-state index in [0.29, 0.717) is 12.2 Å². The second kappa shape index (κ2) is 6.85. The molecule has 9 heteroatoms. The molecule has 2 N–H and O–H groups in total. The topological polar surface area (TPSA) is 103 Å². The van der Waals surface area contributed by atoms with Gasteiger partial charge in [0.25, 0.3) is 11.8 Å². The van der Waals surface area contributed by atoms with Crippen LogP contribution in [0.2, 0.25) is 0 Å². The first-order valence-electron chi connectivity index (χ1n) is 6.72. The summed E-state index contributed by atoms with van der Waals surface area (Å²) in [5.41, 5.74) is 0.727. The van der Waals surface area contributed by atoms with E-state index in [-0.39, 0.29) is 24.0 Å². The molecular weight excluding hydrogens is 288 g/mol. The molecule has 0 radical (unpaired) electrons. The summed E-state index contributed by atoms with van der Waals surface area (Å²) in [5.74, 6) is -0.789. The van der Waals surface area contributed by atoms with E-state index in [9.17, 15) is 9.59 Å². The Morgan fingerprint density at radius 3 is 2.68 bits per heavy atom. The normalized spacial score (nSPS) is 10.5. The zero-order valence-corrected chi connectivity index (χ0v) is 12.7. The maximum Gasteiger partial charge on any atom is 0.276 e. The Hall–Kier alpha value is -2.68. The zero-order valence-electron chi connectivity index (χ0n) is 12.7. The molecule has 0 aliphatic rings. The molecule has 0 aliphatic carbocycles. The summed E-state index contributed by atoms with van der Waals surface area (Å²) in [6.07, 6.45) is 3.24. The first kappa shape index (κ1) is 15.7. The molecule has 0 bridgehead atoms. The molecule has 118 valence electrons. The van der Waals surface area contributed by atoms with E-state index in [2.05, 4.69) is 20.8 Å². The van der Waals surface area contributed by atoms with Gasteiger partial charge in [-0.05, 0) is 13.0 Å². The third kappa shape index (κ3) is 3.31. The summed E-state index contributed by atoms with van der Waals surface area (Å²) in [4.78, 5) is 24.0. The van der Waals surface area contributed by atoms with Crippen molar-refractivity contribution in [3.63, 3.8) is 0 Å². The standard InChI is InChI=1S/C13H18N6O3/c1-4-18-7-10(11(17-18)13(21)14-2)15-12(20)9-5-6-19(16-9)8-22-3/h5-7H,4,8H2,1-3H3,(H,14,21)(H,15,20). The predicted octanol–water partition coefficient (Wildman–Crippen LogP) is 0.315. The molecule has 0 saturated carbocycles. The third-order valence-electron chi connectivity index (χ3n) is 2.91. The van der Waals surface area contributed by atoms with Crippen LogP contribution in [-0.4, -0.2) is 45.5 Å². The van der Waals surface area contributed by atoms with Gasteiger partial charge in [0.1, 0.15) is 6.73 Å². The highest BCUT2D eigenvalue weighted by Crippen LogP contribution is 2.15. The molecule has 0 aliphatic heterocycles. The lowest BCUT2D eigenvalue weighted by Crippen LogP contribution is -2.21. The lowest BCUT2D eigenvalue weighted by molar-refractivity contribution is 0.0958. The van der Waals surface area contributed by atoms with Crippen molar-refractivity contribution >= 4 is 17.5 Å². The van der Waals surface area contributed by atoms with Crippen molar-refractivity contribution in [2.45, 2.75) is 20.2 Å². The monoisotopic (exact) mass is 306 g/mol. The Labute approximate surface area is 127 Å². The van der Waals surface area contributed by atoms with Crippen LogP contribution >= 0.6 is 0 Å². The van der Waals surface area contributed by atoms with Crippen molar-refractivity contribution in [1.29, 1.82) is 0 Å². The lowest BCUT2D eigenvalue weighted by Gasteiger charge is -2.02.